The van der Waals surface area contributed by atoms with Gasteiger partial charge in [-0.15, -0.1) is 0 Å². The largest absolute Gasteiger partial charge is 0.461 e. The van der Waals surface area contributed by atoms with E-state index in [2.05, 4.69) is 4.90 Å². The van der Waals surface area contributed by atoms with Crippen LogP contribution in [-0.2, 0) is 14.3 Å². The van der Waals surface area contributed by atoms with E-state index in [4.69, 9.17) is 9.47 Å². The molecule has 0 aromatic rings. The maximum atomic E-state index is 12.0. The summed E-state index contributed by atoms with van der Waals surface area (Å²) in [6, 6.07) is -0.0745. The van der Waals surface area contributed by atoms with Crippen molar-refractivity contribution in [2.75, 3.05) is 26.7 Å². The highest BCUT2D eigenvalue weighted by atomic mass is 16.6. The summed E-state index contributed by atoms with van der Waals surface area (Å²) in [5.74, 6) is 0.375. The lowest BCUT2D eigenvalue weighted by molar-refractivity contribution is -0.145. The quantitative estimate of drug-likeness (QED) is 0.745. The van der Waals surface area contributed by atoms with E-state index >= 15 is 0 Å². The Labute approximate surface area is 139 Å². The van der Waals surface area contributed by atoms with Gasteiger partial charge in [0.15, 0.2) is 0 Å². The van der Waals surface area contributed by atoms with Crippen molar-refractivity contribution in [1.82, 2.24) is 9.80 Å². The predicted octanol–water partition coefficient (Wildman–Crippen LogP) is 2.27. The van der Waals surface area contributed by atoms with E-state index in [9.17, 15) is 9.59 Å². The molecule has 2 saturated heterocycles. The second-order valence-corrected chi connectivity index (χ2v) is 7.84. The third-order valence-corrected chi connectivity index (χ3v) is 4.47. The summed E-state index contributed by atoms with van der Waals surface area (Å²) in [5.41, 5.74) is -0.464. The van der Waals surface area contributed by atoms with Gasteiger partial charge in [0.2, 0.25) is 0 Å². The monoisotopic (exact) mass is 326 g/mol. The zero-order valence-electron chi connectivity index (χ0n) is 15.0. The third kappa shape index (κ3) is 5.09. The number of likely N-dealkylation sites (tertiary alicyclic amines) is 1. The molecule has 6 nitrogen and oxygen atoms in total. The Bertz CT molecular complexity index is 438. The van der Waals surface area contributed by atoms with Gasteiger partial charge < -0.3 is 14.4 Å². The van der Waals surface area contributed by atoms with Crippen LogP contribution >= 0.6 is 0 Å². The smallest absolute Gasteiger partial charge is 0.410 e. The number of ether oxygens (including phenoxy) is 2. The van der Waals surface area contributed by atoms with Crippen LogP contribution in [0.15, 0.2) is 0 Å². The predicted molar refractivity (Wildman–Crippen MR) is 87.1 cm³/mol. The molecule has 2 atom stereocenters. The molecule has 0 aliphatic carbocycles. The van der Waals surface area contributed by atoms with Gasteiger partial charge in [0.05, 0.1) is 0 Å². The van der Waals surface area contributed by atoms with Gasteiger partial charge in [0, 0.05) is 20.0 Å². The maximum absolute atomic E-state index is 12.0. The molecule has 0 bridgehead atoms. The number of piperidine rings is 1. The van der Waals surface area contributed by atoms with Gasteiger partial charge in [-0.1, -0.05) is 0 Å². The number of hydrogen-bond donors (Lipinski definition) is 0. The van der Waals surface area contributed by atoms with Crippen LogP contribution in [-0.4, -0.2) is 66.3 Å². The fourth-order valence-corrected chi connectivity index (χ4v) is 3.28. The maximum Gasteiger partial charge on any atom is 0.410 e. The number of esters is 1. The Hall–Kier alpha value is -1.30. The third-order valence-electron chi connectivity index (χ3n) is 4.47. The summed E-state index contributed by atoms with van der Waals surface area (Å²) in [6.07, 6.45) is 2.54. The SMILES string of the molecule is CC1CC(N2CCC(CN(C)C(=O)OC(C)(C)C)CC2)C(=O)O1. The van der Waals surface area contributed by atoms with Crippen molar-refractivity contribution in [2.45, 2.75) is 64.7 Å². The number of hydrogen-bond acceptors (Lipinski definition) is 5. The van der Waals surface area contributed by atoms with Crippen molar-refractivity contribution in [2.24, 2.45) is 5.92 Å². The molecule has 2 fully saturated rings. The zero-order valence-corrected chi connectivity index (χ0v) is 15.0. The number of amides is 1. The number of nitrogens with zero attached hydrogens (tertiary/aromatic N) is 2. The molecule has 23 heavy (non-hydrogen) atoms. The summed E-state index contributed by atoms with van der Waals surface area (Å²) in [4.78, 5) is 27.7. The average molecular weight is 326 g/mol. The van der Waals surface area contributed by atoms with Crippen LogP contribution < -0.4 is 0 Å². The molecule has 2 aliphatic heterocycles. The van der Waals surface area contributed by atoms with E-state index in [-0.39, 0.29) is 24.2 Å². The van der Waals surface area contributed by atoms with Crippen molar-refractivity contribution in [3.8, 4) is 0 Å². The molecule has 2 rings (SSSR count). The summed E-state index contributed by atoms with van der Waals surface area (Å²) < 4.78 is 10.6. The molecule has 0 N–H and O–H groups in total. The van der Waals surface area contributed by atoms with Crippen LogP contribution in [0.5, 0.6) is 0 Å². The van der Waals surface area contributed by atoms with Gasteiger partial charge in [-0.3, -0.25) is 9.69 Å². The number of rotatable bonds is 3. The molecular weight excluding hydrogens is 296 g/mol. The first-order chi connectivity index (χ1) is 10.7. The Balaban J connectivity index is 1.76. The van der Waals surface area contributed by atoms with E-state index in [0.29, 0.717) is 12.5 Å². The van der Waals surface area contributed by atoms with E-state index in [1.54, 1.807) is 11.9 Å². The Morgan fingerprint density at radius 3 is 2.43 bits per heavy atom. The first-order valence-electron chi connectivity index (χ1n) is 8.54. The minimum absolute atomic E-state index is 0.0310. The number of carbonyl (C=O) groups is 2. The van der Waals surface area contributed by atoms with Crippen LogP contribution in [0.2, 0.25) is 0 Å². The standard InChI is InChI=1S/C17H30N2O4/c1-12-10-14(15(20)22-12)19-8-6-13(7-9-19)11-18(5)16(21)23-17(2,3)4/h12-14H,6-11H2,1-5H3. The highest BCUT2D eigenvalue weighted by molar-refractivity contribution is 5.78. The minimum Gasteiger partial charge on any atom is -0.461 e. The van der Waals surface area contributed by atoms with Gasteiger partial charge in [-0.05, 0) is 59.5 Å². The van der Waals surface area contributed by atoms with Crippen LogP contribution in [0, 0.1) is 5.92 Å². The molecule has 132 valence electrons. The lowest BCUT2D eigenvalue weighted by Gasteiger charge is -2.36. The topological polar surface area (TPSA) is 59.1 Å². The first-order valence-corrected chi connectivity index (χ1v) is 8.54. The molecule has 0 spiro atoms. The molecule has 2 aliphatic rings. The molecule has 0 radical (unpaired) electrons. The fraction of sp³-hybridized carbons (Fsp3) is 0.882. The highest BCUT2D eigenvalue weighted by Gasteiger charge is 2.38. The lowest BCUT2D eigenvalue weighted by Crippen LogP contribution is -2.46. The molecule has 1 amide bonds. The van der Waals surface area contributed by atoms with E-state index < -0.39 is 5.60 Å². The normalized spacial score (nSPS) is 26.9. The molecule has 0 saturated carbocycles. The van der Waals surface area contributed by atoms with Crippen LogP contribution in [0.3, 0.4) is 0 Å². The number of cyclic esters (lactones) is 1. The molecule has 2 unspecified atom stereocenters. The zero-order chi connectivity index (χ0) is 17.2. The van der Waals surface area contributed by atoms with Crippen LogP contribution in [0.1, 0.15) is 47.0 Å². The number of carbonyl (C=O) groups excluding carboxylic acids is 2. The minimum atomic E-state index is -0.464. The van der Waals surface area contributed by atoms with Crippen LogP contribution in [0.25, 0.3) is 0 Å². The highest BCUT2D eigenvalue weighted by Crippen LogP contribution is 2.26. The van der Waals surface area contributed by atoms with Gasteiger partial charge in [0.25, 0.3) is 0 Å². The second kappa shape index (κ2) is 7.07. The van der Waals surface area contributed by atoms with Gasteiger partial charge >= 0.3 is 12.1 Å². The second-order valence-electron chi connectivity index (χ2n) is 7.84. The van der Waals surface area contributed by atoms with Gasteiger partial charge in [0.1, 0.15) is 17.7 Å². The summed E-state index contributed by atoms with van der Waals surface area (Å²) in [5, 5.41) is 0. The Morgan fingerprint density at radius 1 is 1.35 bits per heavy atom. The fourth-order valence-electron chi connectivity index (χ4n) is 3.28. The van der Waals surface area contributed by atoms with Crippen molar-refractivity contribution >= 4 is 12.1 Å². The Kier molecular flexibility index (Phi) is 5.55. The summed E-state index contributed by atoms with van der Waals surface area (Å²) in [6.45, 7) is 10.0. The molecule has 6 heteroatoms. The molecule has 0 aromatic heterocycles. The van der Waals surface area contributed by atoms with Gasteiger partial charge in [-0.25, -0.2) is 4.79 Å². The summed E-state index contributed by atoms with van der Waals surface area (Å²) >= 11 is 0. The average Bonchev–Trinajstić information content (AvgIpc) is 2.76. The van der Waals surface area contributed by atoms with Crippen molar-refractivity contribution in [3.63, 3.8) is 0 Å². The van der Waals surface area contributed by atoms with Crippen molar-refractivity contribution in [1.29, 1.82) is 0 Å². The molecule has 0 aromatic carbocycles. The first kappa shape index (κ1) is 18.0. The molecule has 2 heterocycles. The van der Waals surface area contributed by atoms with Gasteiger partial charge in [-0.2, -0.15) is 0 Å². The van der Waals surface area contributed by atoms with Crippen LogP contribution in [0.4, 0.5) is 4.79 Å². The lowest BCUT2D eigenvalue weighted by atomic mass is 9.95. The Morgan fingerprint density at radius 2 is 1.96 bits per heavy atom. The van der Waals surface area contributed by atoms with Crippen molar-refractivity contribution in [3.05, 3.63) is 0 Å². The van der Waals surface area contributed by atoms with E-state index in [0.717, 1.165) is 32.4 Å². The van der Waals surface area contributed by atoms with E-state index in [1.807, 2.05) is 27.7 Å². The van der Waals surface area contributed by atoms with E-state index in [1.165, 1.54) is 0 Å². The summed E-state index contributed by atoms with van der Waals surface area (Å²) in [7, 11) is 1.79. The molecular formula is C17H30N2O4. The van der Waals surface area contributed by atoms with Crippen molar-refractivity contribution < 1.29 is 19.1 Å².